The highest BCUT2D eigenvalue weighted by Crippen LogP contribution is 2.40. The predicted molar refractivity (Wildman–Crippen MR) is 66.3 cm³/mol. The number of hydrogen-bond donors (Lipinski definition) is 1. The Morgan fingerprint density at radius 2 is 2.20 bits per heavy atom. The number of nitro benzene ring substituents is 1. The SMILES string of the molecule is O=[N+]([O-])c1ccc(F)cc1-c1nnc(CO)n1C1CC1. The molecule has 1 N–H and O–H groups in total. The molecular weight excluding hydrogens is 267 g/mol. The predicted octanol–water partition coefficient (Wildman–Crippen LogP) is 1.82. The number of benzene rings is 1. The van der Waals surface area contributed by atoms with E-state index in [2.05, 4.69) is 10.2 Å². The summed E-state index contributed by atoms with van der Waals surface area (Å²) in [6.45, 7) is -0.313. The number of halogens is 1. The summed E-state index contributed by atoms with van der Waals surface area (Å²) >= 11 is 0. The average molecular weight is 278 g/mol. The largest absolute Gasteiger partial charge is 0.388 e. The maximum atomic E-state index is 13.4. The van der Waals surface area contributed by atoms with Gasteiger partial charge in [-0.15, -0.1) is 10.2 Å². The van der Waals surface area contributed by atoms with Crippen molar-refractivity contribution >= 4 is 5.69 Å². The second-order valence-electron chi connectivity index (χ2n) is 4.62. The summed E-state index contributed by atoms with van der Waals surface area (Å²) in [5, 5.41) is 28.0. The second-order valence-corrected chi connectivity index (χ2v) is 4.62. The Morgan fingerprint density at radius 3 is 2.80 bits per heavy atom. The third kappa shape index (κ3) is 2.03. The number of nitrogens with zero attached hydrogens (tertiary/aromatic N) is 4. The van der Waals surface area contributed by atoms with E-state index < -0.39 is 10.7 Å². The third-order valence-corrected chi connectivity index (χ3v) is 3.22. The molecule has 0 unspecified atom stereocenters. The summed E-state index contributed by atoms with van der Waals surface area (Å²) < 4.78 is 15.1. The molecule has 1 saturated carbocycles. The van der Waals surface area contributed by atoms with Gasteiger partial charge in [-0.05, 0) is 25.0 Å². The third-order valence-electron chi connectivity index (χ3n) is 3.22. The first kappa shape index (κ1) is 12.7. The molecule has 1 aromatic carbocycles. The van der Waals surface area contributed by atoms with Crippen molar-refractivity contribution in [3.8, 4) is 11.4 Å². The molecule has 7 nitrogen and oxygen atoms in total. The van der Waals surface area contributed by atoms with Gasteiger partial charge >= 0.3 is 0 Å². The van der Waals surface area contributed by atoms with Gasteiger partial charge in [0.25, 0.3) is 5.69 Å². The maximum Gasteiger partial charge on any atom is 0.280 e. The standard InChI is InChI=1S/C12H11FN4O3/c13-7-1-4-10(17(19)20)9(5-7)12-15-14-11(6-18)16(12)8-2-3-8/h1,4-5,8,18H,2-3,6H2. The summed E-state index contributed by atoms with van der Waals surface area (Å²) in [7, 11) is 0. The van der Waals surface area contributed by atoms with Crippen molar-refractivity contribution in [2.45, 2.75) is 25.5 Å². The van der Waals surface area contributed by atoms with Gasteiger partial charge in [-0.25, -0.2) is 4.39 Å². The van der Waals surface area contributed by atoms with Crippen LogP contribution in [-0.2, 0) is 6.61 Å². The van der Waals surface area contributed by atoms with E-state index in [1.807, 2.05) is 0 Å². The summed E-state index contributed by atoms with van der Waals surface area (Å²) in [6.07, 6.45) is 1.78. The second kappa shape index (κ2) is 4.64. The van der Waals surface area contributed by atoms with Crippen molar-refractivity contribution in [3.63, 3.8) is 0 Å². The normalized spacial score (nSPS) is 14.5. The van der Waals surface area contributed by atoms with E-state index in [1.54, 1.807) is 4.57 Å². The van der Waals surface area contributed by atoms with E-state index in [9.17, 15) is 19.6 Å². The zero-order valence-corrected chi connectivity index (χ0v) is 10.4. The monoisotopic (exact) mass is 278 g/mol. The smallest absolute Gasteiger partial charge is 0.280 e. The van der Waals surface area contributed by atoms with Crippen molar-refractivity contribution in [1.29, 1.82) is 0 Å². The molecule has 1 aromatic heterocycles. The van der Waals surface area contributed by atoms with Gasteiger partial charge in [0.2, 0.25) is 0 Å². The molecule has 1 aliphatic carbocycles. The molecule has 0 amide bonds. The summed E-state index contributed by atoms with van der Waals surface area (Å²) in [6, 6.07) is 3.33. The van der Waals surface area contributed by atoms with Crippen LogP contribution in [0.4, 0.5) is 10.1 Å². The lowest BCUT2D eigenvalue weighted by atomic mass is 10.1. The summed E-state index contributed by atoms with van der Waals surface area (Å²) in [4.78, 5) is 10.5. The molecule has 3 rings (SSSR count). The molecule has 0 bridgehead atoms. The Labute approximate surface area is 112 Å². The number of nitro groups is 1. The molecule has 8 heteroatoms. The van der Waals surface area contributed by atoms with Gasteiger partial charge in [-0.3, -0.25) is 10.1 Å². The van der Waals surface area contributed by atoms with Gasteiger partial charge in [0.05, 0.1) is 10.5 Å². The first-order chi connectivity index (χ1) is 9.61. The van der Waals surface area contributed by atoms with Crippen molar-refractivity contribution in [1.82, 2.24) is 14.8 Å². The van der Waals surface area contributed by atoms with Crippen molar-refractivity contribution in [2.24, 2.45) is 0 Å². The van der Waals surface area contributed by atoms with Gasteiger partial charge in [-0.2, -0.15) is 0 Å². The van der Waals surface area contributed by atoms with Gasteiger partial charge in [0.15, 0.2) is 11.6 Å². The van der Waals surface area contributed by atoms with Crippen LogP contribution < -0.4 is 0 Å². The van der Waals surface area contributed by atoms with Crippen LogP contribution in [0.3, 0.4) is 0 Å². The Balaban J connectivity index is 2.20. The first-order valence-electron chi connectivity index (χ1n) is 6.10. The highest BCUT2D eigenvalue weighted by molar-refractivity contribution is 5.68. The van der Waals surface area contributed by atoms with Crippen LogP contribution in [0.1, 0.15) is 24.7 Å². The minimum Gasteiger partial charge on any atom is -0.388 e. The number of rotatable bonds is 4. The minimum atomic E-state index is -0.584. The molecule has 2 aromatic rings. The van der Waals surface area contributed by atoms with Crippen LogP contribution in [0.2, 0.25) is 0 Å². The Morgan fingerprint density at radius 1 is 1.45 bits per heavy atom. The fraction of sp³-hybridized carbons (Fsp3) is 0.333. The molecule has 0 saturated heterocycles. The van der Waals surface area contributed by atoms with Gasteiger partial charge in [0, 0.05) is 12.1 Å². The molecule has 0 atom stereocenters. The van der Waals surface area contributed by atoms with Crippen LogP contribution in [0, 0.1) is 15.9 Å². The van der Waals surface area contributed by atoms with Gasteiger partial charge in [0.1, 0.15) is 12.4 Å². The Kier molecular flexibility index (Phi) is 2.94. The molecule has 1 heterocycles. The lowest BCUT2D eigenvalue weighted by molar-refractivity contribution is -0.384. The quantitative estimate of drug-likeness (QED) is 0.680. The van der Waals surface area contributed by atoms with Crippen LogP contribution in [-0.4, -0.2) is 24.8 Å². The van der Waals surface area contributed by atoms with E-state index in [0.29, 0.717) is 5.82 Å². The van der Waals surface area contributed by atoms with Crippen molar-refractivity contribution in [2.75, 3.05) is 0 Å². The van der Waals surface area contributed by atoms with Crippen LogP contribution in [0.25, 0.3) is 11.4 Å². The van der Waals surface area contributed by atoms with Gasteiger partial charge in [-0.1, -0.05) is 0 Å². The van der Waals surface area contributed by atoms with Crippen LogP contribution in [0.15, 0.2) is 18.2 Å². The number of aliphatic hydroxyl groups excluding tert-OH is 1. The minimum absolute atomic E-state index is 0.0779. The fourth-order valence-corrected chi connectivity index (χ4v) is 2.18. The van der Waals surface area contributed by atoms with E-state index in [-0.39, 0.29) is 29.7 Å². The molecule has 0 aliphatic heterocycles. The van der Waals surface area contributed by atoms with Crippen LogP contribution >= 0.6 is 0 Å². The molecule has 0 spiro atoms. The zero-order valence-electron chi connectivity index (χ0n) is 10.4. The molecule has 104 valence electrons. The van der Waals surface area contributed by atoms with Crippen LogP contribution in [0.5, 0.6) is 0 Å². The Bertz CT molecular complexity index is 681. The maximum absolute atomic E-state index is 13.4. The van der Waals surface area contributed by atoms with E-state index in [0.717, 1.165) is 31.0 Å². The fourth-order valence-electron chi connectivity index (χ4n) is 2.18. The zero-order chi connectivity index (χ0) is 14.3. The summed E-state index contributed by atoms with van der Waals surface area (Å²) in [5.41, 5.74) is -0.153. The van der Waals surface area contributed by atoms with Gasteiger partial charge < -0.3 is 9.67 Å². The average Bonchev–Trinajstić information content (AvgIpc) is 3.17. The molecular formula is C12H11FN4O3. The van der Waals surface area contributed by atoms with Crippen molar-refractivity contribution < 1.29 is 14.4 Å². The molecule has 1 aliphatic rings. The highest BCUT2D eigenvalue weighted by Gasteiger charge is 2.32. The topological polar surface area (TPSA) is 94.1 Å². The number of aromatic nitrogens is 3. The lowest BCUT2D eigenvalue weighted by Crippen LogP contribution is -2.05. The van der Waals surface area contributed by atoms with E-state index in [1.165, 1.54) is 0 Å². The molecule has 0 radical (unpaired) electrons. The molecule has 20 heavy (non-hydrogen) atoms. The number of hydrogen-bond acceptors (Lipinski definition) is 5. The Hall–Kier alpha value is -2.35. The first-order valence-corrected chi connectivity index (χ1v) is 6.10. The van der Waals surface area contributed by atoms with E-state index >= 15 is 0 Å². The van der Waals surface area contributed by atoms with Crippen molar-refractivity contribution in [3.05, 3.63) is 40.0 Å². The highest BCUT2D eigenvalue weighted by atomic mass is 19.1. The lowest BCUT2D eigenvalue weighted by Gasteiger charge is -2.08. The number of aliphatic hydroxyl groups is 1. The summed E-state index contributed by atoms with van der Waals surface area (Å²) in [5.74, 6) is -0.0229. The molecule has 1 fully saturated rings. The van der Waals surface area contributed by atoms with E-state index in [4.69, 9.17) is 0 Å².